The number of hydrogen-bond donors (Lipinski definition) is 3. The van der Waals surface area contributed by atoms with Gasteiger partial charge in [-0.1, -0.05) is 0 Å². The van der Waals surface area contributed by atoms with E-state index in [1.165, 1.54) is 6.33 Å². The molecule has 7 nitrogen and oxygen atoms in total. The Kier molecular flexibility index (Phi) is 5.29. The van der Waals surface area contributed by atoms with Crippen LogP contribution in [0.25, 0.3) is 11.0 Å². The highest BCUT2D eigenvalue weighted by molar-refractivity contribution is 7.98. The highest BCUT2D eigenvalue weighted by Gasteiger charge is 2.36. The van der Waals surface area contributed by atoms with Crippen LogP contribution < -0.4 is 5.32 Å². The van der Waals surface area contributed by atoms with E-state index in [2.05, 4.69) is 26.5 Å². The lowest BCUT2D eigenvalue weighted by molar-refractivity contribution is -0.143. The number of ether oxygens (including phenoxy) is 2. The van der Waals surface area contributed by atoms with Gasteiger partial charge in [-0.15, -0.1) is 0 Å². The molecule has 1 aliphatic heterocycles. The van der Waals surface area contributed by atoms with Crippen molar-refractivity contribution in [3.63, 3.8) is 0 Å². The second-order valence-electron chi connectivity index (χ2n) is 6.45. The van der Waals surface area contributed by atoms with Crippen molar-refractivity contribution in [1.29, 1.82) is 0 Å². The van der Waals surface area contributed by atoms with Crippen molar-refractivity contribution < 1.29 is 14.6 Å². The maximum Gasteiger partial charge on any atom is 0.239 e. The van der Waals surface area contributed by atoms with Crippen molar-refractivity contribution in [2.45, 2.75) is 32.3 Å². The summed E-state index contributed by atoms with van der Waals surface area (Å²) >= 11 is 1.81. The van der Waals surface area contributed by atoms with Crippen molar-refractivity contribution in [3.05, 3.63) is 18.1 Å². The minimum atomic E-state index is -0.493. The Balaban J connectivity index is 1.60. The maximum atomic E-state index is 9.72. The minimum Gasteiger partial charge on any atom is -0.492 e. The second-order valence-corrected chi connectivity index (χ2v) is 7.36. The zero-order valence-electron chi connectivity index (χ0n) is 14.2. The van der Waals surface area contributed by atoms with Gasteiger partial charge in [-0.25, -0.2) is 9.97 Å². The second kappa shape index (κ2) is 7.26. The van der Waals surface area contributed by atoms with Gasteiger partial charge in [0.05, 0.1) is 18.2 Å². The monoisotopic (exact) mass is 352 g/mol. The topological polar surface area (TPSA) is 92.3 Å². The quantitative estimate of drug-likeness (QED) is 0.701. The largest absolute Gasteiger partial charge is 0.492 e. The van der Waals surface area contributed by atoms with E-state index in [0.29, 0.717) is 24.6 Å². The fourth-order valence-electron chi connectivity index (χ4n) is 2.97. The summed E-state index contributed by atoms with van der Waals surface area (Å²) in [5, 5.41) is 13.2. The van der Waals surface area contributed by atoms with Gasteiger partial charge in [-0.05, 0) is 25.9 Å². The lowest BCUT2D eigenvalue weighted by Crippen LogP contribution is -2.35. The lowest BCUT2D eigenvalue weighted by atomic mass is 10.1. The van der Waals surface area contributed by atoms with Crippen molar-refractivity contribution in [2.75, 3.05) is 25.2 Å². The molecule has 1 saturated heterocycles. The van der Waals surface area contributed by atoms with E-state index >= 15 is 0 Å². The molecule has 0 aromatic carbocycles. The molecule has 0 unspecified atom stereocenters. The molecule has 1 aliphatic rings. The van der Waals surface area contributed by atoms with E-state index in [9.17, 15) is 5.11 Å². The summed E-state index contributed by atoms with van der Waals surface area (Å²) in [6, 6.07) is 0. The van der Waals surface area contributed by atoms with Gasteiger partial charge in [-0.3, -0.25) is 0 Å². The summed E-state index contributed by atoms with van der Waals surface area (Å²) in [4.78, 5) is 11.0. The molecule has 8 heteroatoms. The Hall–Kier alpha value is -1.35. The Morgan fingerprint density at radius 2 is 2.33 bits per heavy atom. The number of nitrogens with zero attached hydrogens (tertiary/aromatic N) is 2. The van der Waals surface area contributed by atoms with E-state index < -0.39 is 5.79 Å². The molecule has 0 bridgehead atoms. The number of fused-ring (bicyclic) bond motifs is 1. The van der Waals surface area contributed by atoms with Crippen LogP contribution in [0.5, 0.6) is 5.88 Å². The van der Waals surface area contributed by atoms with Crippen LogP contribution >= 0.6 is 11.8 Å². The Morgan fingerprint density at radius 3 is 3.04 bits per heavy atom. The van der Waals surface area contributed by atoms with E-state index in [0.717, 1.165) is 23.4 Å². The van der Waals surface area contributed by atoms with Crippen molar-refractivity contribution in [1.82, 2.24) is 20.3 Å². The molecule has 24 heavy (non-hydrogen) atoms. The van der Waals surface area contributed by atoms with Crippen LogP contribution in [0.2, 0.25) is 0 Å². The van der Waals surface area contributed by atoms with E-state index in [1.54, 1.807) is 0 Å². The predicted molar refractivity (Wildman–Crippen MR) is 94.0 cm³/mol. The number of H-pyrrole nitrogens is 1. The summed E-state index contributed by atoms with van der Waals surface area (Å²) in [6.07, 6.45) is 5.44. The first-order chi connectivity index (χ1) is 11.5. The fraction of sp³-hybridized carbons (Fsp3) is 0.625. The van der Waals surface area contributed by atoms with Crippen LogP contribution in [0.4, 0.5) is 0 Å². The van der Waals surface area contributed by atoms with Crippen molar-refractivity contribution in [2.24, 2.45) is 5.92 Å². The normalized spacial score (nSPS) is 21.4. The molecule has 132 valence electrons. The molecule has 0 saturated carbocycles. The first-order valence-corrected chi connectivity index (χ1v) is 9.41. The van der Waals surface area contributed by atoms with Gasteiger partial charge in [0.25, 0.3) is 0 Å². The summed E-state index contributed by atoms with van der Waals surface area (Å²) < 4.78 is 11.7. The number of hydrogen-bond acceptors (Lipinski definition) is 7. The third-order valence-corrected chi connectivity index (χ3v) is 4.94. The van der Waals surface area contributed by atoms with Crippen LogP contribution in [0, 0.1) is 5.92 Å². The number of nitrogens with one attached hydrogen (secondary N) is 2. The molecule has 0 radical (unpaired) electrons. The van der Waals surface area contributed by atoms with Gasteiger partial charge in [0, 0.05) is 30.8 Å². The molecular formula is C16H24N4O3S. The number of thioether (sulfide) groups is 1. The Morgan fingerprint density at radius 1 is 1.50 bits per heavy atom. The lowest BCUT2D eigenvalue weighted by Gasteiger charge is -2.24. The van der Waals surface area contributed by atoms with Gasteiger partial charge in [0.15, 0.2) is 5.79 Å². The first kappa shape index (κ1) is 17.5. The van der Waals surface area contributed by atoms with Gasteiger partial charge < -0.3 is 24.9 Å². The van der Waals surface area contributed by atoms with Gasteiger partial charge in [0.1, 0.15) is 11.8 Å². The average molecular weight is 352 g/mol. The molecule has 3 heterocycles. The maximum absolute atomic E-state index is 9.72. The molecular weight excluding hydrogens is 328 g/mol. The zero-order valence-corrected chi connectivity index (χ0v) is 15.0. The van der Waals surface area contributed by atoms with Gasteiger partial charge in [-0.2, -0.15) is 11.8 Å². The summed E-state index contributed by atoms with van der Waals surface area (Å²) in [5.41, 5.74) is 2.33. The molecule has 0 aliphatic carbocycles. The third kappa shape index (κ3) is 3.83. The van der Waals surface area contributed by atoms with E-state index in [1.807, 2.05) is 31.8 Å². The molecule has 2 aromatic heterocycles. The molecule has 2 atom stereocenters. The van der Waals surface area contributed by atoms with E-state index in [-0.39, 0.29) is 12.0 Å². The summed E-state index contributed by atoms with van der Waals surface area (Å²) in [6.45, 7) is 6.03. The van der Waals surface area contributed by atoms with Crippen LogP contribution in [-0.2, 0) is 16.0 Å². The van der Waals surface area contributed by atoms with Crippen LogP contribution in [-0.4, -0.2) is 57.1 Å². The van der Waals surface area contributed by atoms with Gasteiger partial charge >= 0.3 is 0 Å². The highest BCUT2D eigenvalue weighted by Crippen LogP contribution is 2.28. The summed E-state index contributed by atoms with van der Waals surface area (Å²) in [5.74, 6) is 0.862. The number of aromatic hydroxyl groups is 1. The van der Waals surface area contributed by atoms with Crippen LogP contribution in [0.1, 0.15) is 19.4 Å². The SMILES string of the molecule is CSC[C@@H](CNCc1c[nH]c2c(O)ncnc12)[C@@H]1COC(C)(C)O1. The molecule has 3 rings (SSSR count). The molecule has 3 N–H and O–H groups in total. The zero-order chi connectivity index (χ0) is 17.2. The molecule has 1 fully saturated rings. The smallest absolute Gasteiger partial charge is 0.239 e. The van der Waals surface area contributed by atoms with E-state index in [4.69, 9.17) is 9.47 Å². The van der Waals surface area contributed by atoms with Crippen molar-refractivity contribution >= 4 is 22.8 Å². The van der Waals surface area contributed by atoms with Crippen LogP contribution in [0.3, 0.4) is 0 Å². The van der Waals surface area contributed by atoms with Crippen molar-refractivity contribution in [3.8, 4) is 5.88 Å². The van der Waals surface area contributed by atoms with Gasteiger partial charge in [0.2, 0.25) is 5.88 Å². The highest BCUT2D eigenvalue weighted by atomic mass is 32.2. The number of aromatic amines is 1. The third-order valence-electron chi connectivity index (χ3n) is 4.18. The number of aromatic nitrogens is 3. The molecule has 0 amide bonds. The molecule has 2 aromatic rings. The van der Waals surface area contributed by atoms with Crippen LogP contribution in [0.15, 0.2) is 12.5 Å². The molecule has 0 spiro atoms. The first-order valence-electron chi connectivity index (χ1n) is 8.01. The predicted octanol–water partition coefficient (Wildman–Crippen LogP) is 1.88. The number of rotatable bonds is 7. The summed E-state index contributed by atoms with van der Waals surface area (Å²) in [7, 11) is 0. The average Bonchev–Trinajstić information content (AvgIpc) is 3.11. The standard InChI is InChI=1S/C16H24N4O3S/c1-16(2)22-7-12(23-16)11(8-24-3)5-17-4-10-6-18-14-13(10)19-9-20-15(14)21/h6,9,11-12,17-18H,4-5,7-8H2,1-3H3,(H,19,20,21)/t11-,12+/m1/s1. The fourth-order valence-corrected chi connectivity index (χ4v) is 3.73. The Labute approximate surface area is 145 Å². The minimum absolute atomic E-state index is 0.0229. The Bertz CT molecular complexity index is 691.